The summed E-state index contributed by atoms with van der Waals surface area (Å²) < 4.78 is 26.1. The van der Waals surface area contributed by atoms with Gasteiger partial charge >= 0.3 is 0 Å². The van der Waals surface area contributed by atoms with Crippen LogP contribution in [0.3, 0.4) is 0 Å². The lowest BCUT2D eigenvalue weighted by molar-refractivity contribution is 0.314. The SMILES string of the molecule is CCS(=O)(=O)N1CCCC(c2ncnc3cnc4[nH]ccc4c23)C1. The molecule has 1 N–H and O–H groups in total. The number of sulfonamides is 1. The van der Waals surface area contributed by atoms with Gasteiger partial charge in [0.2, 0.25) is 10.0 Å². The fourth-order valence-electron chi connectivity index (χ4n) is 3.49. The van der Waals surface area contributed by atoms with Crippen LogP contribution in [0.1, 0.15) is 31.4 Å². The van der Waals surface area contributed by atoms with Crippen LogP contribution in [0, 0.1) is 0 Å². The smallest absolute Gasteiger partial charge is 0.213 e. The number of pyridine rings is 1. The van der Waals surface area contributed by atoms with E-state index in [1.807, 2.05) is 12.3 Å². The molecule has 0 saturated carbocycles. The summed E-state index contributed by atoms with van der Waals surface area (Å²) in [4.78, 5) is 16.3. The van der Waals surface area contributed by atoms with E-state index in [0.717, 1.165) is 40.5 Å². The van der Waals surface area contributed by atoms with E-state index in [2.05, 4.69) is 19.9 Å². The van der Waals surface area contributed by atoms with E-state index in [0.29, 0.717) is 13.1 Å². The molecular weight excluding hydrogens is 326 g/mol. The molecule has 0 aliphatic carbocycles. The molecule has 0 amide bonds. The van der Waals surface area contributed by atoms with Crippen LogP contribution in [0.2, 0.25) is 0 Å². The van der Waals surface area contributed by atoms with E-state index in [4.69, 9.17) is 0 Å². The predicted octanol–water partition coefficient (Wildman–Crippen LogP) is 2.04. The van der Waals surface area contributed by atoms with Crippen molar-refractivity contribution in [2.24, 2.45) is 0 Å². The maximum absolute atomic E-state index is 12.2. The van der Waals surface area contributed by atoms with E-state index >= 15 is 0 Å². The standard InChI is InChI=1S/C16H19N5O2S/c1-2-24(22,23)21-7-3-4-11(9-21)15-14-12-5-6-17-16(12)18-8-13(14)19-10-20-15/h5-6,8,10-11H,2-4,7,9H2,1H3,(H,17,18). The highest BCUT2D eigenvalue weighted by atomic mass is 32.2. The van der Waals surface area contributed by atoms with Crippen LogP contribution in [-0.4, -0.2) is 51.5 Å². The second kappa shape index (κ2) is 5.78. The Morgan fingerprint density at radius 2 is 2.21 bits per heavy atom. The Morgan fingerprint density at radius 3 is 3.04 bits per heavy atom. The quantitative estimate of drug-likeness (QED) is 0.784. The lowest BCUT2D eigenvalue weighted by Gasteiger charge is -2.31. The average molecular weight is 345 g/mol. The van der Waals surface area contributed by atoms with Gasteiger partial charge < -0.3 is 4.98 Å². The molecule has 1 aliphatic rings. The normalized spacial score (nSPS) is 20.0. The highest BCUT2D eigenvalue weighted by Gasteiger charge is 2.30. The van der Waals surface area contributed by atoms with E-state index in [1.54, 1.807) is 23.8 Å². The summed E-state index contributed by atoms with van der Waals surface area (Å²) in [6.45, 7) is 2.77. The molecule has 0 radical (unpaired) electrons. The number of H-pyrrole nitrogens is 1. The largest absolute Gasteiger partial charge is 0.346 e. The third kappa shape index (κ3) is 2.46. The zero-order valence-electron chi connectivity index (χ0n) is 13.4. The lowest BCUT2D eigenvalue weighted by Crippen LogP contribution is -2.40. The zero-order chi connectivity index (χ0) is 16.7. The van der Waals surface area contributed by atoms with Crippen molar-refractivity contribution < 1.29 is 8.42 Å². The summed E-state index contributed by atoms with van der Waals surface area (Å²) in [5, 5.41) is 1.96. The highest BCUT2D eigenvalue weighted by Crippen LogP contribution is 2.33. The molecule has 0 aromatic carbocycles. The van der Waals surface area contributed by atoms with Gasteiger partial charge in [0.15, 0.2) is 0 Å². The molecular formula is C16H19N5O2S. The van der Waals surface area contributed by atoms with E-state index in [1.165, 1.54) is 0 Å². The number of fused-ring (bicyclic) bond motifs is 3. The fraction of sp³-hybridized carbons (Fsp3) is 0.438. The van der Waals surface area contributed by atoms with Crippen LogP contribution in [-0.2, 0) is 10.0 Å². The van der Waals surface area contributed by atoms with Gasteiger partial charge in [-0.05, 0) is 25.8 Å². The van der Waals surface area contributed by atoms with Crippen LogP contribution in [0.5, 0.6) is 0 Å². The third-order valence-corrected chi connectivity index (χ3v) is 6.59. The molecule has 1 saturated heterocycles. The molecule has 4 rings (SSSR count). The molecule has 7 nitrogen and oxygen atoms in total. The molecule has 126 valence electrons. The Labute approximate surface area is 140 Å². The zero-order valence-corrected chi connectivity index (χ0v) is 14.3. The Kier molecular flexibility index (Phi) is 3.73. The van der Waals surface area contributed by atoms with E-state index < -0.39 is 10.0 Å². The van der Waals surface area contributed by atoms with Crippen molar-refractivity contribution in [1.82, 2.24) is 24.2 Å². The summed E-state index contributed by atoms with van der Waals surface area (Å²) in [5.74, 6) is 0.210. The minimum absolute atomic E-state index is 0.0751. The lowest BCUT2D eigenvalue weighted by atomic mass is 9.93. The highest BCUT2D eigenvalue weighted by molar-refractivity contribution is 7.89. The number of aromatic amines is 1. The van der Waals surface area contributed by atoms with Gasteiger partial charge in [-0.15, -0.1) is 0 Å². The Morgan fingerprint density at radius 1 is 1.33 bits per heavy atom. The molecule has 8 heteroatoms. The van der Waals surface area contributed by atoms with Gasteiger partial charge in [0.05, 0.1) is 23.2 Å². The average Bonchev–Trinajstić information content (AvgIpc) is 3.10. The number of nitrogens with one attached hydrogen (secondary N) is 1. The van der Waals surface area contributed by atoms with Crippen LogP contribution < -0.4 is 0 Å². The number of hydrogen-bond donors (Lipinski definition) is 1. The first-order valence-electron chi connectivity index (χ1n) is 8.14. The molecule has 1 unspecified atom stereocenters. The third-order valence-electron chi connectivity index (χ3n) is 4.75. The second-order valence-electron chi connectivity index (χ2n) is 6.12. The molecule has 0 spiro atoms. The summed E-state index contributed by atoms with van der Waals surface area (Å²) in [6.07, 6.45) is 6.91. The van der Waals surface area contributed by atoms with E-state index in [9.17, 15) is 8.42 Å². The molecule has 0 bridgehead atoms. The van der Waals surface area contributed by atoms with Gasteiger partial charge in [0.1, 0.15) is 12.0 Å². The Bertz CT molecular complexity index is 998. The van der Waals surface area contributed by atoms with Crippen LogP contribution >= 0.6 is 0 Å². The van der Waals surface area contributed by atoms with Crippen molar-refractivity contribution in [3.63, 3.8) is 0 Å². The maximum Gasteiger partial charge on any atom is 0.213 e. The summed E-state index contributed by atoms with van der Waals surface area (Å²) >= 11 is 0. The van der Waals surface area contributed by atoms with Crippen molar-refractivity contribution in [3.8, 4) is 0 Å². The first-order valence-corrected chi connectivity index (χ1v) is 9.75. The number of hydrogen-bond acceptors (Lipinski definition) is 5. The maximum atomic E-state index is 12.2. The topological polar surface area (TPSA) is 91.8 Å². The minimum Gasteiger partial charge on any atom is -0.346 e. The van der Waals surface area contributed by atoms with E-state index in [-0.39, 0.29) is 11.7 Å². The van der Waals surface area contributed by atoms with Crippen LogP contribution in [0.15, 0.2) is 24.8 Å². The summed E-state index contributed by atoms with van der Waals surface area (Å²) in [7, 11) is -3.18. The monoisotopic (exact) mass is 345 g/mol. The number of piperidine rings is 1. The number of rotatable bonds is 3. The van der Waals surface area contributed by atoms with Gasteiger partial charge in [-0.1, -0.05) is 0 Å². The van der Waals surface area contributed by atoms with Gasteiger partial charge in [0, 0.05) is 36.0 Å². The van der Waals surface area contributed by atoms with Gasteiger partial charge in [0.25, 0.3) is 0 Å². The van der Waals surface area contributed by atoms with Crippen molar-refractivity contribution in [2.75, 3.05) is 18.8 Å². The minimum atomic E-state index is -3.18. The van der Waals surface area contributed by atoms with Crippen molar-refractivity contribution >= 4 is 32.0 Å². The molecule has 4 heterocycles. The Hall–Kier alpha value is -2.06. The number of aromatic nitrogens is 4. The molecule has 24 heavy (non-hydrogen) atoms. The molecule has 3 aromatic heterocycles. The molecule has 1 aliphatic heterocycles. The fourth-order valence-corrected chi connectivity index (χ4v) is 4.67. The van der Waals surface area contributed by atoms with Crippen molar-refractivity contribution in [1.29, 1.82) is 0 Å². The van der Waals surface area contributed by atoms with Crippen molar-refractivity contribution in [2.45, 2.75) is 25.7 Å². The first-order chi connectivity index (χ1) is 11.6. The van der Waals surface area contributed by atoms with Gasteiger partial charge in [-0.3, -0.25) is 0 Å². The molecule has 1 fully saturated rings. The Balaban J connectivity index is 1.83. The first kappa shape index (κ1) is 15.5. The molecule has 3 aromatic rings. The van der Waals surface area contributed by atoms with Crippen molar-refractivity contribution in [3.05, 3.63) is 30.5 Å². The molecule has 1 atom stereocenters. The summed E-state index contributed by atoms with van der Waals surface area (Å²) in [6, 6.07) is 1.97. The van der Waals surface area contributed by atoms with Crippen LogP contribution in [0.25, 0.3) is 21.9 Å². The predicted molar refractivity (Wildman–Crippen MR) is 92.2 cm³/mol. The van der Waals surface area contributed by atoms with Crippen LogP contribution in [0.4, 0.5) is 0 Å². The second-order valence-corrected chi connectivity index (χ2v) is 8.37. The van der Waals surface area contributed by atoms with Gasteiger partial charge in [-0.25, -0.2) is 27.7 Å². The van der Waals surface area contributed by atoms with Gasteiger partial charge in [-0.2, -0.15) is 0 Å². The number of nitrogens with zero attached hydrogens (tertiary/aromatic N) is 4. The summed E-state index contributed by atoms with van der Waals surface area (Å²) in [5.41, 5.74) is 2.51.